The van der Waals surface area contributed by atoms with Gasteiger partial charge in [-0.1, -0.05) is 19.1 Å². The van der Waals surface area contributed by atoms with Crippen molar-refractivity contribution in [3.63, 3.8) is 0 Å². The second kappa shape index (κ2) is 7.71. The standard InChI is InChI=1S/C14H21NO3/c1-3-12-5-7-13(8-6-12)18-11-14(17)15(4-2)9-10-16/h5-8,16H,3-4,9-11H2,1-2H3. The quantitative estimate of drug-likeness (QED) is 0.798. The van der Waals surface area contributed by atoms with Crippen LogP contribution in [0, 0.1) is 0 Å². The van der Waals surface area contributed by atoms with Gasteiger partial charge in [-0.2, -0.15) is 0 Å². The molecule has 1 N–H and O–H groups in total. The molecular weight excluding hydrogens is 230 g/mol. The molecule has 100 valence electrons. The number of carbonyl (C=O) groups excluding carboxylic acids is 1. The Labute approximate surface area is 108 Å². The van der Waals surface area contributed by atoms with E-state index in [4.69, 9.17) is 9.84 Å². The number of aryl methyl sites for hydroxylation is 1. The summed E-state index contributed by atoms with van der Waals surface area (Å²) in [5.74, 6) is 0.590. The minimum atomic E-state index is -0.105. The second-order valence-corrected chi connectivity index (χ2v) is 3.98. The molecule has 0 spiro atoms. The van der Waals surface area contributed by atoms with Crippen molar-refractivity contribution < 1.29 is 14.6 Å². The number of ether oxygens (including phenoxy) is 1. The minimum absolute atomic E-state index is 0.0132. The van der Waals surface area contributed by atoms with Crippen LogP contribution in [0.2, 0.25) is 0 Å². The van der Waals surface area contributed by atoms with E-state index >= 15 is 0 Å². The zero-order chi connectivity index (χ0) is 13.4. The van der Waals surface area contributed by atoms with Crippen molar-refractivity contribution in [2.45, 2.75) is 20.3 Å². The zero-order valence-corrected chi connectivity index (χ0v) is 11.1. The Kier molecular flexibility index (Phi) is 6.22. The van der Waals surface area contributed by atoms with Crippen LogP contribution in [0.15, 0.2) is 24.3 Å². The lowest BCUT2D eigenvalue weighted by Gasteiger charge is -2.19. The van der Waals surface area contributed by atoms with E-state index in [1.807, 2.05) is 31.2 Å². The van der Waals surface area contributed by atoms with Crippen molar-refractivity contribution in [2.24, 2.45) is 0 Å². The molecule has 0 aliphatic heterocycles. The molecule has 0 radical (unpaired) electrons. The summed E-state index contributed by atoms with van der Waals surface area (Å²) in [6.45, 7) is 4.89. The Morgan fingerprint density at radius 2 is 1.94 bits per heavy atom. The predicted octanol–water partition coefficient (Wildman–Crippen LogP) is 1.47. The molecule has 0 fully saturated rings. The summed E-state index contributed by atoms with van der Waals surface area (Å²) in [4.78, 5) is 13.3. The molecule has 1 aromatic rings. The number of aliphatic hydroxyl groups excluding tert-OH is 1. The van der Waals surface area contributed by atoms with Gasteiger partial charge in [-0.3, -0.25) is 4.79 Å². The topological polar surface area (TPSA) is 49.8 Å². The van der Waals surface area contributed by atoms with E-state index in [1.165, 1.54) is 5.56 Å². The Hall–Kier alpha value is -1.55. The molecule has 1 amide bonds. The molecule has 0 saturated carbocycles. The summed E-state index contributed by atoms with van der Waals surface area (Å²) >= 11 is 0. The molecule has 1 aromatic carbocycles. The third kappa shape index (κ3) is 4.37. The lowest BCUT2D eigenvalue weighted by Crippen LogP contribution is -2.36. The van der Waals surface area contributed by atoms with Crippen LogP contribution in [-0.4, -0.2) is 42.2 Å². The van der Waals surface area contributed by atoms with E-state index in [2.05, 4.69) is 6.92 Å². The Morgan fingerprint density at radius 3 is 2.44 bits per heavy atom. The van der Waals surface area contributed by atoms with Crippen LogP contribution < -0.4 is 4.74 Å². The summed E-state index contributed by atoms with van der Waals surface area (Å²) in [7, 11) is 0. The van der Waals surface area contributed by atoms with Crippen LogP contribution in [0.4, 0.5) is 0 Å². The molecule has 0 aliphatic rings. The van der Waals surface area contributed by atoms with Crippen molar-refractivity contribution >= 4 is 5.91 Å². The normalized spacial score (nSPS) is 10.2. The van der Waals surface area contributed by atoms with Crippen molar-refractivity contribution in [2.75, 3.05) is 26.3 Å². The monoisotopic (exact) mass is 251 g/mol. The number of rotatable bonds is 7. The van der Waals surface area contributed by atoms with Gasteiger partial charge in [0, 0.05) is 13.1 Å². The molecule has 4 heteroatoms. The zero-order valence-electron chi connectivity index (χ0n) is 11.1. The van der Waals surface area contributed by atoms with Crippen LogP contribution in [0.3, 0.4) is 0 Å². The number of nitrogens with zero attached hydrogens (tertiary/aromatic N) is 1. The number of likely N-dealkylation sites (N-methyl/N-ethyl adjacent to an activating group) is 1. The SMILES string of the molecule is CCc1ccc(OCC(=O)N(CC)CCO)cc1. The molecule has 0 heterocycles. The first kappa shape index (κ1) is 14.5. The van der Waals surface area contributed by atoms with Gasteiger partial charge in [0.25, 0.3) is 5.91 Å². The fourth-order valence-electron chi connectivity index (χ4n) is 1.64. The maximum atomic E-state index is 11.8. The third-order valence-corrected chi connectivity index (χ3v) is 2.80. The van der Waals surface area contributed by atoms with Crippen LogP contribution in [0.25, 0.3) is 0 Å². The highest BCUT2D eigenvalue weighted by atomic mass is 16.5. The smallest absolute Gasteiger partial charge is 0.260 e. The van der Waals surface area contributed by atoms with Gasteiger partial charge < -0.3 is 14.7 Å². The molecule has 0 aromatic heterocycles. The fourth-order valence-corrected chi connectivity index (χ4v) is 1.64. The first-order valence-corrected chi connectivity index (χ1v) is 6.31. The van der Waals surface area contributed by atoms with Crippen molar-refractivity contribution in [3.05, 3.63) is 29.8 Å². The molecule has 18 heavy (non-hydrogen) atoms. The third-order valence-electron chi connectivity index (χ3n) is 2.80. The maximum absolute atomic E-state index is 11.8. The van der Waals surface area contributed by atoms with Crippen LogP contribution in [0.5, 0.6) is 5.75 Å². The van der Waals surface area contributed by atoms with Gasteiger partial charge >= 0.3 is 0 Å². The van der Waals surface area contributed by atoms with E-state index in [-0.39, 0.29) is 19.1 Å². The van der Waals surface area contributed by atoms with E-state index < -0.39 is 0 Å². The highest BCUT2D eigenvalue weighted by Gasteiger charge is 2.11. The maximum Gasteiger partial charge on any atom is 0.260 e. The van der Waals surface area contributed by atoms with E-state index in [1.54, 1.807) is 4.90 Å². The van der Waals surface area contributed by atoms with Gasteiger partial charge in [0.05, 0.1) is 6.61 Å². The van der Waals surface area contributed by atoms with E-state index in [9.17, 15) is 4.79 Å². The van der Waals surface area contributed by atoms with Crippen molar-refractivity contribution in [1.82, 2.24) is 4.90 Å². The molecular formula is C14H21NO3. The second-order valence-electron chi connectivity index (χ2n) is 3.98. The Morgan fingerprint density at radius 1 is 1.28 bits per heavy atom. The summed E-state index contributed by atoms with van der Waals surface area (Å²) in [5.41, 5.74) is 1.24. The average molecular weight is 251 g/mol. The van der Waals surface area contributed by atoms with Gasteiger partial charge in [-0.15, -0.1) is 0 Å². The molecule has 4 nitrogen and oxygen atoms in total. The van der Waals surface area contributed by atoms with Gasteiger partial charge in [-0.25, -0.2) is 0 Å². The highest BCUT2D eigenvalue weighted by Crippen LogP contribution is 2.12. The van der Waals surface area contributed by atoms with Gasteiger partial charge in [-0.05, 0) is 31.0 Å². The number of benzene rings is 1. The highest BCUT2D eigenvalue weighted by molar-refractivity contribution is 5.77. The van der Waals surface area contributed by atoms with E-state index in [0.29, 0.717) is 18.8 Å². The largest absolute Gasteiger partial charge is 0.484 e. The minimum Gasteiger partial charge on any atom is -0.484 e. The number of hydrogen-bond donors (Lipinski definition) is 1. The predicted molar refractivity (Wildman–Crippen MR) is 70.7 cm³/mol. The molecule has 0 atom stereocenters. The van der Waals surface area contributed by atoms with Gasteiger partial charge in [0.15, 0.2) is 6.61 Å². The molecule has 0 bridgehead atoms. The average Bonchev–Trinajstić information content (AvgIpc) is 2.42. The van der Waals surface area contributed by atoms with Crippen LogP contribution in [-0.2, 0) is 11.2 Å². The molecule has 0 aliphatic carbocycles. The summed E-state index contributed by atoms with van der Waals surface area (Å²) in [6, 6.07) is 7.72. The van der Waals surface area contributed by atoms with Crippen molar-refractivity contribution in [3.8, 4) is 5.75 Å². The van der Waals surface area contributed by atoms with Crippen LogP contribution in [0.1, 0.15) is 19.4 Å². The summed E-state index contributed by atoms with van der Waals surface area (Å²) < 4.78 is 5.42. The molecule has 0 saturated heterocycles. The fraction of sp³-hybridized carbons (Fsp3) is 0.500. The van der Waals surface area contributed by atoms with Gasteiger partial charge in [0.1, 0.15) is 5.75 Å². The Bertz CT molecular complexity index is 362. The number of hydrogen-bond acceptors (Lipinski definition) is 3. The van der Waals surface area contributed by atoms with Gasteiger partial charge in [0.2, 0.25) is 0 Å². The molecule has 0 unspecified atom stereocenters. The lowest BCUT2D eigenvalue weighted by molar-refractivity contribution is -0.133. The number of aliphatic hydroxyl groups is 1. The first-order chi connectivity index (χ1) is 8.71. The summed E-state index contributed by atoms with van der Waals surface area (Å²) in [6.07, 6.45) is 0.985. The number of carbonyl (C=O) groups is 1. The lowest BCUT2D eigenvalue weighted by atomic mass is 10.2. The van der Waals surface area contributed by atoms with E-state index in [0.717, 1.165) is 6.42 Å². The van der Waals surface area contributed by atoms with Crippen LogP contribution >= 0.6 is 0 Å². The number of amides is 1. The molecule has 1 rings (SSSR count). The Balaban J connectivity index is 2.45. The first-order valence-electron chi connectivity index (χ1n) is 6.31. The summed E-state index contributed by atoms with van der Waals surface area (Å²) in [5, 5.41) is 8.82. The van der Waals surface area contributed by atoms with Crippen molar-refractivity contribution in [1.29, 1.82) is 0 Å².